The van der Waals surface area contributed by atoms with Crippen molar-refractivity contribution in [3.63, 3.8) is 0 Å². The van der Waals surface area contributed by atoms with E-state index in [0.717, 1.165) is 57.2 Å². The van der Waals surface area contributed by atoms with Crippen LogP contribution in [0.2, 0.25) is 0 Å². The van der Waals surface area contributed by atoms with Crippen molar-refractivity contribution in [3.8, 4) is 5.75 Å². The molecular weight excluding hydrogens is 417 g/mol. The van der Waals surface area contributed by atoms with Gasteiger partial charge in [-0.3, -0.25) is 4.99 Å². The standard InChI is InChI=1S/C18H31N3O2.HI/c1-3-19-18(20-13-8-5-9-15-22-2)21-14-10-16-23-17-11-6-4-7-12-17;/h4,6-7,11-12H,3,5,8-10,13-16H2,1-2H3,(H2,19,20,21);1H. The highest BCUT2D eigenvalue weighted by molar-refractivity contribution is 14.0. The maximum absolute atomic E-state index is 5.66. The number of guanidine groups is 1. The smallest absolute Gasteiger partial charge is 0.191 e. The molecule has 2 N–H and O–H groups in total. The molecule has 1 rings (SSSR count). The van der Waals surface area contributed by atoms with Gasteiger partial charge in [0.05, 0.1) is 6.61 Å². The Bertz CT molecular complexity index is 416. The van der Waals surface area contributed by atoms with Crippen LogP contribution in [0, 0.1) is 0 Å². The fourth-order valence-corrected chi connectivity index (χ4v) is 2.06. The summed E-state index contributed by atoms with van der Waals surface area (Å²) < 4.78 is 10.7. The second-order valence-electron chi connectivity index (χ2n) is 5.26. The lowest BCUT2D eigenvalue weighted by atomic mass is 10.2. The van der Waals surface area contributed by atoms with Gasteiger partial charge in [-0.05, 0) is 38.3 Å². The van der Waals surface area contributed by atoms with Crippen LogP contribution in [0.25, 0.3) is 0 Å². The summed E-state index contributed by atoms with van der Waals surface area (Å²) in [6.45, 7) is 6.17. The van der Waals surface area contributed by atoms with E-state index in [1.165, 1.54) is 6.42 Å². The normalized spacial score (nSPS) is 10.8. The number of benzene rings is 1. The van der Waals surface area contributed by atoms with E-state index in [0.29, 0.717) is 6.61 Å². The first-order valence-electron chi connectivity index (χ1n) is 8.55. The van der Waals surface area contributed by atoms with E-state index < -0.39 is 0 Å². The van der Waals surface area contributed by atoms with E-state index in [9.17, 15) is 0 Å². The van der Waals surface area contributed by atoms with Crippen LogP contribution in [0.5, 0.6) is 5.75 Å². The Kier molecular flexibility index (Phi) is 16.1. The molecule has 6 heteroatoms. The minimum atomic E-state index is 0. The molecule has 0 saturated carbocycles. The number of methoxy groups -OCH3 is 1. The lowest BCUT2D eigenvalue weighted by molar-refractivity contribution is 0.192. The van der Waals surface area contributed by atoms with E-state index >= 15 is 0 Å². The minimum Gasteiger partial charge on any atom is -0.494 e. The molecule has 0 aliphatic rings. The van der Waals surface area contributed by atoms with Gasteiger partial charge in [-0.25, -0.2) is 0 Å². The lowest BCUT2D eigenvalue weighted by Crippen LogP contribution is -2.37. The zero-order valence-electron chi connectivity index (χ0n) is 14.9. The molecule has 0 heterocycles. The van der Waals surface area contributed by atoms with E-state index in [1.54, 1.807) is 7.11 Å². The number of nitrogens with one attached hydrogen (secondary N) is 2. The van der Waals surface area contributed by atoms with Gasteiger partial charge in [-0.1, -0.05) is 18.2 Å². The Morgan fingerprint density at radius 3 is 2.50 bits per heavy atom. The Morgan fingerprint density at radius 2 is 1.79 bits per heavy atom. The highest BCUT2D eigenvalue weighted by Crippen LogP contribution is 2.08. The van der Waals surface area contributed by atoms with Crippen molar-refractivity contribution >= 4 is 29.9 Å². The molecule has 0 amide bonds. The molecule has 0 unspecified atom stereocenters. The first-order chi connectivity index (χ1) is 11.4. The van der Waals surface area contributed by atoms with Crippen LogP contribution >= 0.6 is 24.0 Å². The predicted octanol–water partition coefficient (Wildman–Crippen LogP) is 3.45. The summed E-state index contributed by atoms with van der Waals surface area (Å²) in [5.41, 5.74) is 0. The zero-order valence-corrected chi connectivity index (χ0v) is 17.3. The van der Waals surface area contributed by atoms with Crippen LogP contribution in [0.1, 0.15) is 32.6 Å². The van der Waals surface area contributed by atoms with Gasteiger partial charge in [0.1, 0.15) is 5.75 Å². The Balaban J connectivity index is 0.00000529. The number of hydrogen-bond donors (Lipinski definition) is 2. The SMILES string of the molecule is CCNC(=NCCCOc1ccccc1)NCCCCCOC.I. The molecule has 1 aromatic carbocycles. The van der Waals surface area contributed by atoms with Crippen LogP contribution < -0.4 is 15.4 Å². The molecule has 0 saturated heterocycles. The topological polar surface area (TPSA) is 54.9 Å². The van der Waals surface area contributed by atoms with E-state index in [1.807, 2.05) is 30.3 Å². The number of ether oxygens (including phenoxy) is 2. The summed E-state index contributed by atoms with van der Waals surface area (Å²) in [6, 6.07) is 9.89. The van der Waals surface area contributed by atoms with Crippen LogP contribution in [-0.4, -0.2) is 45.9 Å². The predicted molar refractivity (Wildman–Crippen MR) is 112 cm³/mol. The van der Waals surface area contributed by atoms with E-state index in [-0.39, 0.29) is 24.0 Å². The molecule has 0 aliphatic carbocycles. The molecule has 0 aliphatic heterocycles. The summed E-state index contributed by atoms with van der Waals surface area (Å²) >= 11 is 0. The highest BCUT2D eigenvalue weighted by atomic mass is 127. The molecule has 5 nitrogen and oxygen atoms in total. The van der Waals surface area contributed by atoms with E-state index in [4.69, 9.17) is 9.47 Å². The number of halogens is 1. The van der Waals surface area contributed by atoms with E-state index in [2.05, 4.69) is 22.5 Å². The van der Waals surface area contributed by atoms with Crippen molar-refractivity contribution in [1.82, 2.24) is 10.6 Å². The number of aliphatic imine (C=N–C) groups is 1. The molecule has 138 valence electrons. The summed E-state index contributed by atoms with van der Waals surface area (Å²) in [5, 5.41) is 6.63. The van der Waals surface area contributed by atoms with Gasteiger partial charge in [-0.2, -0.15) is 0 Å². The fourth-order valence-electron chi connectivity index (χ4n) is 2.06. The molecular formula is C18H32IN3O2. The van der Waals surface area contributed by atoms with Crippen LogP contribution in [0.15, 0.2) is 35.3 Å². The first-order valence-corrected chi connectivity index (χ1v) is 8.55. The third-order valence-electron chi connectivity index (χ3n) is 3.25. The zero-order chi connectivity index (χ0) is 16.6. The molecule has 0 fully saturated rings. The lowest BCUT2D eigenvalue weighted by Gasteiger charge is -2.11. The number of hydrogen-bond acceptors (Lipinski definition) is 3. The second-order valence-corrected chi connectivity index (χ2v) is 5.26. The summed E-state index contributed by atoms with van der Waals surface area (Å²) in [7, 11) is 1.75. The number of nitrogens with zero attached hydrogens (tertiary/aromatic N) is 1. The quantitative estimate of drug-likeness (QED) is 0.222. The summed E-state index contributed by atoms with van der Waals surface area (Å²) in [6.07, 6.45) is 4.32. The summed E-state index contributed by atoms with van der Waals surface area (Å²) in [4.78, 5) is 4.57. The highest BCUT2D eigenvalue weighted by Gasteiger charge is 1.97. The fraction of sp³-hybridized carbons (Fsp3) is 0.611. The molecule has 0 atom stereocenters. The second kappa shape index (κ2) is 16.8. The third-order valence-corrected chi connectivity index (χ3v) is 3.25. The third kappa shape index (κ3) is 12.4. The van der Waals surface area contributed by atoms with Crippen molar-refractivity contribution in [3.05, 3.63) is 30.3 Å². The van der Waals surface area contributed by atoms with Crippen molar-refractivity contribution in [2.45, 2.75) is 32.6 Å². The Morgan fingerprint density at radius 1 is 1.00 bits per heavy atom. The van der Waals surface area contributed by atoms with Crippen molar-refractivity contribution < 1.29 is 9.47 Å². The van der Waals surface area contributed by atoms with Crippen molar-refractivity contribution in [2.24, 2.45) is 4.99 Å². The minimum absolute atomic E-state index is 0. The molecule has 1 aromatic rings. The van der Waals surface area contributed by atoms with Crippen LogP contribution in [-0.2, 0) is 4.74 Å². The van der Waals surface area contributed by atoms with Gasteiger partial charge in [0, 0.05) is 39.8 Å². The molecule has 0 spiro atoms. The number of para-hydroxylation sites is 1. The van der Waals surface area contributed by atoms with Gasteiger partial charge < -0.3 is 20.1 Å². The van der Waals surface area contributed by atoms with Gasteiger partial charge in [-0.15, -0.1) is 24.0 Å². The van der Waals surface area contributed by atoms with Gasteiger partial charge in [0.15, 0.2) is 5.96 Å². The van der Waals surface area contributed by atoms with Crippen LogP contribution in [0.4, 0.5) is 0 Å². The average Bonchev–Trinajstić information content (AvgIpc) is 2.58. The van der Waals surface area contributed by atoms with Crippen LogP contribution in [0.3, 0.4) is 0 Å². The van der Waals surface area contributed by atoms with Gasteiger partial charge in [0.2, 0.25) is 0 Å². The number of rotatable bonds is 12. The maximum Gasteiger partial charge on any atom is 0.191 e. The molecule has 0 radical (unpaired) electrons. The average molecular weight is 449 g/mol. The molecule has 0 bridgehead atoms. The van der Waals surface area contributed by atoms with Gasteiger partial charge >= 0.3 is 0 Å². The van der Waals surface area contributed by atoms with Gasteiger partial charge in [0.25, 0.3) is 0 Å². The van der Waals surface area contributed by atoms with Crippen molar-refractivity contribution in [1.29, 1.82) is 0 Å². The first kappa shape index (κ1) is 23.0. The monoisotopic (exact) mass is 449 g/mol. The number of unbranched alkanes of at least 4 members (excludes halogenated alkanes) is 2. The molecule has 0 aromatic heterocycles. The maximum atomic E-state index is 5.66. The molecule has 24 heavy (non-hydrogen) atoms. The largest absolute Gasteiger partial charge is 0.494 e. The Hall–Kier alpha value is -1.02. The summed E-state index contributed by atoms with van der Waals surface area (Å²) in [5.74, 6) is 1.80. The van der Waals surface area contributed by atoms with Crippen molar-refractivity contribution in [2.75, 3.05) is 40.0 Å². The Labute approximate surface area is 163 Å².